The summed E-state index contributed by atoms with van der Waals surface area (Å²) in [6, 6.07) is 0.851. The standard InChI is InChI=1S/C17H34N4O2/c1-3-4-16(22)13-18-17(23)19-14-5-11-21(12-6-14)15-7-9-20(2)10-8-15/h14-16,22H,3-13H2,1-2H3,(H2,18,19,23). The van der Waals surface area contributed by atoms with E-state index in [0.717, 1.165) is 44.8 Å². The van der Waals surface area contributed by atoms with Gasteiger partial charge < -0.3 is 25.5 Å². The minimum atomic E-state index is -0.433. The number of rotatable bonds is 6. The Balaban J connectivity index is 1.61. The predicted molar refractivity (Wildman–Crippen MR) is 92.6 cm³/mol. The molecule has 23 heavy (non-hydrogen) atoms. The van der Waals surface area contributed by atoms with E-state index in [1.54, 1.807) is 0 Å². The van der Waals surface area contributed by atoms with Gasteiger partial charge in [-0.25, -0.2) is 4.79 Å². The average Bonchev–Trinajstić information content (AvgIpc) is 2.55. The van der Waals surface area contributed by atoms with E-state index >= 15 is 0 Å². The third-order valence-electron chi connectivity index (χ3n) is 5.19. The van der Waals surface area contributed by atoms with Gasteiger partial charge in [-0.15, -0.1) is 0 Å². The van der Waals surface area contributed by atoms with Crippen LogP contribution in [0.5, 0.6) is 0 Å². The molecule has 1 unspecified atom stereocenters. The van der Waals surface area contributed by atoms with Crippen LogP contribution < -0.4 is 10.6 Å². The Morgan fingerprint density at radius 1 is 1.17 bits per heavy atom. The van der Waals surface area contributed by atoms with Crippen LogP contribution in [0.4, 0.5) is 4.79 Å². The summed E-state index contributed by atoms with van der Waals surface area (Å²) in [5.74, 6) is 0. The van der Waals surface area contributed by atoms with Crippen LogP contribution in [-0.4, -0.2) is 78.9 Å². The number of piperidine rings is 2. The SMILES string of the molecule is CCCC(O)CNC(=O)NC1CCN(C2CCN(C)CC2)CC1. The summed E-state index contributed by atoms with van der Waals surface area (Å²) >= 11 is 0. The van der Waals surface area contributed by atoms with Crippen molar-refractivity contribution in [1.82, 2.24) is 20.4 Å². The summed E-state index contributed by atoms with van der Waals surface area (Å²) in [6.07, 6.45) is 5.82. The van der Waals surface area contributed by atoms with E-state index in [1.165, 1.54) is 25.9 Å². The van der Waals surface area contributed by atoms with Crippen LogP contribution in [0.2, 0.25) is 0 Å². The zero-order valence-electron chi connectivity index (χ0n) is 14.8. The Labute approximate surface area is 140 Å². The number of aliphatic hydroxyl groups is 1. The van der Waals surface area contributed by atoms with Gasteiger partial charge in [0, 0.05) is 31.7 Å². The van der Waals surface area contributed by atoms with Gasteiger partial charge in [-0.3, -0.25) is 0 Å². The smallest absolute Gasteiger partial charge is 0.315 e. The van der Waals surface area contributed by atoms with Crippen molar-refractivity contribution in [2.45, 2.75) is 63.6 Å². The first-order valence-electron chi connectivity index (χ1n) is 9.23. The molecule has 2 amide bonds. The summed E-state index contributed by atoms with van der Waals surface area (Å²) in [5.41, 5.74) is 0. The lowest BCUT2D eigenvalue weighted by Gasteiger charge is -2.41. The molecule has 3 N–H and O–H groups in total. The molecular formula is C17H34N4O2. The monoisotopic (exact) mass is 326 g/mol. The molecule has 2 aliphatic heterocycles. The molecule has 0 saturated carbocycles. The first kappa shape index (κ1) is 18.5. The van der Waals surface area contributed by atoms with Crippen LogP contribution in [0.25, 0.3) is 0 Å². The molecule has 2 fully saturated rings. The summed E-state index contributed by atoms with van der Waals surface area (Å²) in [7, 11) is 2.20. The van der Waals surface area contributed by atoms with E-state index in [2.05, 4.69) is 27.5 Å². The van der Waals surface area contributed by atoms with Crippen LogP contribution in [0.1, 0.15) is 45.4 Å². The maximum Gasteiger partial charge on any atom is 0.315 e. The number of carbonyl (C=O) groups is 1. The molecule has 6 nitrogen and oxygen atoms in total. The zero-order chi connectivity index (χ0) is 16.7. The summed E-state index contributed by atoms with van der Waals surface area (Å²) in [4.78, 5) is 16.9. The van der Waals surface area contributed by atoms with Gasteiger partial charge in [0.25, 0.3) is 0 Å². The first-order valence-corrected chi connectivity index (χ1v) is 9.23. The summed E-state index contributed by atoms with van der Waals surface area (Å²) in [6.45, 7) is 6.93. The van der Waals surface area contributed by atoms with Crippen molar-refractivity contribution in [1.29, 1.82) is 0 Å². The van der Waals surface area contributed by atoms with E-state index in [9.17, 15) is 9.90 Å². The third-order valence-corrected chi connectivity index (χ3v) is 5.19. The lowest BCUT2D eigenvalue weighted by atomic mass is 9.98. The van der Waals surface area contributed by atoms with Gasteiger partial charge in [0.15, 0.2) is 0 Å². The highest BCUT2D eigenvalue weighted by Gasteiger charge is 2.27. The number of nitrogens with zero attached hydrogens (tertiary/aromatic N) is 2. The van der Waals surface area contributed by atoms with Crippen LogP contribution in [0.3, 0.4) is 0 Å². The van der Waals surface area contributed by atoms with Crippen LogP contribution in [0.15, 0.2) is 0 Å². The van der Waals surface area contributed by atoms with Gasteiger partial charge in [0.1, 0.15) is 0 Å². The number of nitrogens with one attached hydrogen (secondary N) is 2. The van der Waals surface area contributed by atoms with Crippen LogP contribution in [0, 0.1) is 0 Å². The molecule has 2 aliphatic rings. The van der Waals surface area contributed by atoms with E-state index < -0.39 is 6.10 Å². The number of hydrogen-bond acceptors (Lipinski definition) is 4. The molecule has 0 aliphatic carbocycles. The zero-order valence-corrected chi connectivity index (χ0v) is 14.8. The number of urea groups is 1. The first-order chi connectivity index (χ1) is 11.1. The van der Waals surface area contributed by atoms with Gasteiger partial charge in [0.2, 0.25) is 0 Å². The van der Waals surface area contributed by atoms with Crippen molar-refractivity contribution in [3.63, 3.8) is 0 Å². The predicted octanol–water partition coefficient (Wildman–Crippen LogP) is 1.01. The van der Waals surface area contributed by atoms with Crippen molar-refractivity contribution < 1.29 is 9.90 Å². The topological polar surface area (TPSA) is 67.8 Å². The molecule has 0 aromatic rings. The fourth-order valence-corrected chi connectivity index (χ4v) is 3.65. The molecule has 134 valence electrons. The van der Waals surface area contributed by atoms with Gasteiger partial charge in [-0.1, -0.05) is 13.3 Å². The fraction of sp³-hybridized carbons (Fsp3) is 0.941. The number of amides is 2. The Kier molecular flexibility index (Phi) is 7.59. The largest absolute Gasteiger partial charge is 0.391 e. The number of carbonyl (C=O) groups excluding carboxylic acids is 1. The van der Waals surface area contributed by atoms with Crippen molar-refractivity contribution in [2.75, 3.05) is 39.8 Å². The molecule has 0 radical (unpaired) electrons. The molecule has 0 spiro atoms. The minimum Gasteiger partial charge on any atom is -0.391 e. The molecule has 0 aromatic heterocycles. The Morgan fingerprint density at radius 2 is 1.83 bits per heavy atom. The highest BCUT2D eigenvalue weighted by molar-refractivity contribution is 5.74. The molecule has 0 bridgehead atoms. The lowest BCUT2D eigenvalue weighted by Crippen LogP contribution is -2.52. The molecule has 2 heterocycles. The Hall–Kier alpha value is -0.850. The number of likely N-dealkylation sites (tertiary alicyclic amines) is 2. The second kappa shape index (κ2) is 9.45. The third kappa shape index (κ3) is 6.28. The number of hydrogen-bond donors (Lipinski definition) is 3. The summed E-state index contributed by atoms with van der Waals surface area (Å²) in [5, 5.41) is 15.5. The van der Waals surface area contributed by atoms with Gasteiger partial charge in [-0.05, 0) is 52.2 Å². The molecular weight excluding hydrogens is 292 g/mol. The summed E-state index contributed by atoms with van der Waals surface area (Å²) < 4.78 is 0. The van der Waals surface area contributed by atoms with Gasteiger partial charge in [0.05, 0.1) is 6.10 Å². The second-order valence-electron chi connectivity index (χ2n) is 7.14. The Bertz CT molecular complexity index is 351. The molecule has 6 heteroatoms. The van der Waals surface area contributed by atoms with Crippen molar-refractivity contribution in [3.8, 4) is 0 Å². The van der Waals surface area contributed by atoms with Gasteiger partial charge in [-0.2, -0.15) is 0 Å². The molecule has 2 rings (SSSR count). The molecule has 0 aromatic carbocycles. The van der Waals surface area contributed by atoms with E-state index in [0.29, 0.717) is 6.54 Å². The maximum atomic E-state index is 11.9. The normalized spacial score (nSPS) is 23.6. The van der Waals surface area contributed by atoms with Crippen LogP contribution in [-0.2, 0) is 0 Å². The maximum absolute atomic E-state index is 11.9. The van der Waals surface area contributed by atoms with Crippen molar-refractivity contribution in [2.24, 2.45) is 0 Å². The Morgan fingerprint density at radius 3 is 2.43 bits per heavy atom. The van der Waals surface area contributed by atoms with Crippen molar-refractivity contribution >= 4 is 6.03 Å². The molecule has 1 atom stereocenters. The lowest BCUT2D eigenvalue weighted by molar-refractivity contribution is 0.0931. The van der Waals surface area contributed by atoms with Crippen molar-refractivity contribution in [3.05, 3.63) is 0 Å². The second-order valence-corrected chi connectivity index (χ2v) is 7.14. The van der Waals surface area contributed by atoms with E-state index in [4.69, 9.17) is 0 Å². The number of aliphatic hydroxyl groups excluding tert-OH is 1. The van der Waals surface area contributed by atoms with Crippen LogP contribution >= 0.6 is 0 Å². The highest BCUT2D eigenvalue weighted by atomic mass is 16.3. The highest BCUT2D eigenvalue weighted by Crippen LogP contribution is 2.20. The molecule has 2 saturated heterocycles. The quantitative estimate of drug-likeness (QED) is 0.681. The fourth-order valence-electron chi connectivity index (χ4n) is 3.65. The van der Waals surface area contributed by atoms with E-state index in [1.807, 2.05) is 6.92 Å². The minimum absolute atomic E-state index is 0.141. The van der Waals surface area contributed by atoms with Gasteiger partial charge >= 0.3 is 6.03 Å². The van der Waals surface area contributed by atoms with E-state index in [-0.39, 0.29) is 12.1 Å². The average molecular weight is 326 g/mol.